The third-order valence-corrected chi connectivity index (χ3v) is 3.26. The number of nitrogens with two attached hydrogens (primary N) is 1. The molecule has 106 valence electrons. The van der Waals surface area contributed by atoms with Gasteiger partial charge in [-0.05, 0) is 18.4 Å². The quantitative estimate of drug-likeness (QED) is 0.753. The number of rotatable bonds is 2. The van der Waals surface area contributed by atoms with Gasteiger partial charge in [0.25, 0.3) is 5.91 Å². The molecule has 0 unspecified atom stereocenters. The molecule has 3 aromatic rings. The van der Waals surface area contributed by atoms with Gasteiger partial charge in [0.2, 0.25) is 0 Å². The average Bonchev–Trinajstić information content (AvgIpc) is 2.77. The Labute approximate surface area is 121 Å². The topological polar surface area (TPSA) is 85.8 Å². The fourth-order valence-corrected chi connectivity index (χ4v) is 2.25. The van der Waals surface area contributed by atoms with E-state index in [4.69, 9.17) is 5.73 Å². The predicted octanol–water partition coefficient (Wildman–Crippen LogP) is 2.11. The number of anilines is 2. The van der Waals surface area contributed by atoms with E-state index in [0.29, 0.717) is 11.5 Å². The van der Waals surface area contributed by atoms with Crippen LogP contribution < -0.4 is 11.1 Å². The number of nitrogens with zero attached hydrogens (tertiary/aromatic N) is 3. The zero-order valence-corrected chi connectivity index (χ0v) is 11.8. The molecule has 0 atom stereocenters. The molecule has 3 rings (SSSR count). The van der Waals surface area contributed by atoms with E-state index in [1.54, 1.807) is 24.0 Å². The minimum atomic E-state index is -0.302. The molecule has 21 heavy (non-hydrogen) atoms. The summed E-state index contributed by atoms with van der Waals surface area (Å²) in [5.41, 5.74) is 7.61. The van der Waals surface area contributed by atoms with Crippen LogP contribution in [0.3, 0.4) is 0 Å². The lowest BCUT2D eigenvalue weighted by Crippen LogP contribution is -2.14. The number of amides is 1. The highest BCUT2D eigenvalue weighted by atomic mass is 16.1. The van der Waals surface area contributed by atoms with Gasteiger partial charge in [0.1, 0.15) is 11.5 Å². The van der Waals surface area contributed by atoms with E-state index < -0.39 is 0 Å². The number of carbonyl (C=O) groups excluding carboxylic acids is 1. The molecule has 1 aromatic carbocycles. The summed E-state index contributed by atoms with van der Waals surface area (Å²) in [4.78, 5) is 16.5. The summed E-state index contributed by atoms with van der Waals surface area (Å²) < 4.78 is 1.65. The van der Waals surface area contributed by atoms with Crippen molar-refractivity contribution >= 4 is 28.2 Å². The highest BCUT2D eigenvalue weighted by molar-refractivity contribution is 6.06. The Balaban J connectivity index is 1.96. The monoisotopic (exact) mass is 281 g/mol. The van der Waals surface area contributed by atoms with Gasteiger partial charge in [0.05, 0.1) is 11.4 Å². The fourth-order valence-electron chi connectivity index (χ4n) is 2.25. The molecule has 0 spiro atoms. The number of pyridine rings is 1. The lowest BCUT2D eigenvalue weighted by molar-refractivity contribution is 0.102. The number of benzene rings is 1. The van der Waals surface area contributed by atoms with Gasteiger partial charge in [0, 0.05) is 18.6 Å². The highest BCUT2D eigenvalue weighted by Gasteiger charge is 2.13. The first-order valence-corrected chi connectivity index (χ1v) is 6.51. The Morgan fingerprint density at radius 2 is 2.10 bits per heavy atom. The lowest BCUT2D eigenvalue weighted by atomic mass is 10.1. The van der Waals surface area contributed by atoms with Gasteiger partial charge in [-0.15, -0.1) is 0 Å². The third kappa shape index (κ3) is 2.43. The van der Waals surface area contributed by atoms with Crippen molar-refractivity contribution < 1.29 is 4.79 Å². The number of aryl methyl sites for hydroxylation is 2. The van der Waals surface area contributed by atoms with Crippen molar-refractivity contribution in [1.29, 1.82) is 0 Å². The smallest absolute Gasteiger partial charge is 0.274 e. The summed E-state index contributed by atoms with van der Waals surface area (Å²) in [5.74, 6) is 0.0460. The molecule has 0 saturated heterocycles. The molecular formula is C15H15N5O. The minimum Gasteiger partial charge on any atom is -0.383 e. The van der Waals surface area contributed by atoms with Gasteiger partial charge >= 0.3 is 0 Å². The molecule has 0 aliphatic carbocycles. The molecule has 0 fully saturated rings. The van der Waals surface area contributed by atoms with Crippen LogP contribution >= 0.6 is 0 Å². The summed E-state index contributed by atoms with van der Waals surface area (Å²) in [7, 11) is 1.80. The molecular weight excluding hydrogens is 266 g/mol. The summed E-state index contributed by atoms with van der Waals surface area (Å²) in [6.07, 6.45) is 1.75. The number of carbonyl (C=O) groups is 1. The van der Waals surface area contributed by atoms with Crippen molar-refractivity contribution in [1.82, 2.24) is 14.8 Å². The van der Waals surface area contributed by atoms with Gasteiger partial charge in [-0.3, -0.25) is 9.48 Å². The van der Waals surface area contributed by atoms with Gasteiger partial charge < -0.3 is 11.1 Å². The Hall–Kier alpha value is -2.89. The van der Waals surface area contributed by atoms with Crippen molar-refractivity contribution in [3.8, 4) is 0 Å². The first-order valence-electron chi connectivity index (χ1n) is 6.51. The fraction of sp³-hybridized carbons (Fsp3) is 0.133. The Kier molecular flexibility index (Phi) is 3.06. The second-order valence-electron chi connectivity index (χ2n) is 4.87. The van der Waals surface area contributed by atoms with Crippen molar-refractivity contribution in [2.24, 2.45) is 7.05 Å². The van der Waals surface area contributed by atoms with Gasteiger partial charge in [0.15, 0.2) is 0 Å². The van der Waals surface area contributed by atoms with Crippen molar-refractivity contribution in [2.75, 3.05) is 11.1 Å². The molecule has 3 N–H and O–H groups in total. The van der Waals surface area contributed by atoms with Crippen LogP contribution in [0.15, 0.2) is 36.5 Å². The minimum absolute atomic E-state index is 0.287. The molecule has 0 saturated carbocycles. The molecule has 2 heterocycles. The largest absolute Gasteiger partial charge is 0.383 e. The van der Waals surface area contributed by atoms with Crippen LogP contribution in [-0.2, 0) is 7.05 Å². The van der Waals surface area contributed by atoms with E-state index in [2.05, 4.69) is 15.4 Å². The highest BCUT2D eigenvalue weighted by Crippen LogP contribution is 2.21. The van der Waals surface area contributed by atoms with Gasteiger partial charge in [-0.2, -0.15) is 5.10 Å². The van der Waals surface area contributed by atoms with Gasteiger partial charge in [-0.1, -0.05) is 24.3 Å². The summed E-state index contributed by atoms with van der Waals surface area (Å²) in [6.45, 7) is 1.83. The third-order valence-electron chi connectivity index (χ3n) is 3.26. The van der Waals surface area contributed by atoms with Crippen LogP contribution in [0.1, 0.15) is 16.2 Å². The Bertz CT molecular complexity index is 837. The van der Waals surface area contributed by atoms with Crippen molar-refractivity contribution in [3.05, 3.63) is 47.9 Å². The van der Waals surface area contributed by atoms with Crippen LogP contribution in [0.5, 0.6) is 0 Å². The standard InChI is InChI=1S/C15H15N5O/c1-9-13(8-20(2)19-9)18-15(21)12-7-10-5-3-4-6-11(10)14(16)17-12/h3-8H,1-2H3,(H2,16,17)(H,18,21). The number of hydrogen-bond donors (Lipinski definition) is 2. The summed E-state index contributed by atoms with van der Waals surface area (Å²) in [5, 5.41) is 8.71. The van der Waals surface area contributed by atoms with Crippen molar-refractivity contribution in [3.63, 3.8) is 0 Å². The maximum Gasteiger partial charge on any atom is 0.274 e. The van der Waals surface area contributed by atoms with Crippen LogP contribution in [-0.4, -0.2) is 20.7 Å². The SMILES string of the molecule is Cc1nn(C)cc1NC(=O)c1cc2ccccc2c(N)n1. The van der Waals surface area contributed by atoms with E-state index >= 15 is 0 Å². The second-order valence-corrected chi connectivity index (χ2v) is 4.87. The van der Waals surface area contributed by atoms with E-state index in [0.717, 1.165) is 16.5 Å². The van der Waals surface area contributed by atoms with Crippen LogP contribution in [0, 0.1) is 6.92 Å². The van der Waals surface area contributed by atoms with Crippen molar-refractivity contribution in [2.45, 2.75) is 6.92 Å². The molecule has 6 nitrogen and oxygen atoms in total. The zero-order chi connectivity index (χ0) is 15.0. The Morgan fingerprint density at radius 1 is 1.33 bits per heavy atom. The molecule has 2 aromatic heterocycles. The average molecular weight is 281 g/mol. The van der Waals surface area contributed by atoms with E-state index in [-0.39, 0.29) is 11.6 Å². The van der Waals surface area contributed by atoms with E-state index in [1.807, 2.05) is 31.2 Å². The Morgan fingerprint density at radius 3 is 2.81 bits per heavy atom. The molecule has 0 aliphatic rings. The molecule has 0 bridgehead atoms. The predicted molar refractivity (Wildman–Crippen MR) is 82.1 cm³/mol. The number of hydrogen-bond acceptors (Lipinski definition) is 4. The molecule has 0 radical (unpaired) electrons. The van der Waals surface area contributed by atoms with Crippen LogP contribution in [0.25, 0.3) is 10.8 Å². The van der Waals surface area contributed by atoms with E-state index in [9.17, 15) is 4.79 Å². The maximum absolute atomic E-state index is 12.3. The van der Waals surface area contributed by atoms with Crippen LogP contribution in [0.4, 0.5) is 11.5 Å². The van der Waals surface area contributed by atoms with E-state index in [1.165, 1.54) is 0 Å². The number of fused-ring (bicyclic) bond motifs is 1. The lowest BCUT2D eigenvalue weighted by Gasteiger charge is -2.06. The molecule has 0 aliphatic heterocycles. The number of nitrogens with one attached hydrogen (secondary N) is 1. The second kappa shape index (κ2) is 4.90. The van der Waals surface area contributed by atoms with Gasteiger partial charge in [-0.25, -0.2) is 4.98 Å². The first kappa shape index (κ1) is 13.1. The first-order chi connectivity index (χ1) is 10.0. The number of aromatic nitrogens is 3. The molecule has 6 heteroatoms. The summed E-state index contributed by atoms with van der Waals surface area (Å²) >= 11 is 0. The number of nitrogen functional groups attached to an aromatic ring is 1. The maximum atomic E-state index is 12.3. The normalized spacial score (nSPS) is 10.8. The molecule has 1 amide bonds. The summed E-state index contributed by atoms with van der Waals surface area (Å²) in [6, 6.07) is 9.30. The van der Waals surface area contributed by atoms with Crippen LogP contribution in [0.2, 0.25) is 0 Å². The zero-order valence-electron chi connectivity index (χ0n) is 11.8.